The molecule has 5 amide bonds. The molecule has 0 aromatic heterocycles. The highest BCUT2D eigenvalue weighted by Crippen LogP contribution is 2.45. The van der Waals surface area contributed by atoms with Gasteiger partial charge in [0.2, 0.25) is 11.8 Å². The van der Waals surface area contributed by atoms with E-state index in [0.29, 0.717) is 36.6 Å². The Kier molecular flexibility index (Phi) is 6.42. The molecule has 0 radical (unpaired) electrons. The van der Waals surface area contributed by atoms with E-state index in [1.807, 2.05) is 41.3 Å². The lowest BCUT2D eigenvalue weighted by atomic mass is 9.90. The number of hydrogen-bond donors (Lipinski definition) is 2. The molecule has 190 valence electrons. The molecule has 2 N–H and O–H groups in total. The number of carbonyl (C=O) groups is 4. The van der Waals surface area contributed by atoms with Crippen molar-refractivity contribution in [3.63, 3.8) is 0 Å². The quantitative estimate of drug-likeness (QED) is 0.541. The second-order valence-electron chi connectivity index (χ2n) is 10.0. The maximum Gasteiger partial charge on any atom is 0.325 e. The third-order valence-corrected chi connectivity index (χ3v) is 7.74. The Labute approximate surface area is 215 Å². The molecule has 0 bridgehead atoms. The van der Waals surface area contributed by atoms with Gasteiger partial charge in [-0.2, -0.15) is 5.26 Å². The normalized spacial score (nSPS) is 20.8. The summed E-state index contributed by atoms with van der Waals surface area (Å²) in [6.45, 7) is 2.29. The van der Waals surface area contributed by atoms with Crippen LogP contribution in [0.5, 0.6) is 0 Å². The van der Waals surface area contributed by atoms with Crippen LogP contribution in [0.15, 0.2) is 48.5 Å². The summed E-state index contributed by atoms with van der Waals surface area (Å²) in [4.78, 5) is 55.0. The average molecular weight is 500 g/mol. The van der Waals surface area contributed by atoms with Gasteiger partial charge in [0, 0.05) is 18.3 Å². The smallest absolute Gasteiger partial charge is 0.325 e. The summed E-state index contributed by atoms with van der Waals surface area (Å²) >= 11 is 0. The molecule has 1 saturated heterocycles. The van der Waals surface area contributed by atoms with Crippen molar-refractivity contribution in [2.75, 3.05) is 11.9 Å². The van der Waals surface area contributed by atoms with Crippen LogP contribution in [0.4, 0.5) is 10.5 Å². The zero-order valence-electron chi connectivity index (χ0n) is 20.7. The number of carbonyl (C=O) groups excluding carboxylic acids is 4. The van der Waals surface area contributed by atoms with E-state index < -0.39 is 23.4 Å². The van der Waals surface area contributed by atoms with Crippen LogP contribution in [-0.2, 0) is 32.9 Å². The van der Waals surface area contributed by atoms with Gasteiger partial charge in [-0.05, 0) is 67.3 Å². The Morgan fingerprint density at radius 3 is 2.68 bits per heavy atom. The topological polar surface area (TPSA) is 123 Å². The molecule has 9 nitrogen and oxygen atoms in total. The van der Waals surface area contributed by atoms with E-state index in [1.165, 1.54) is 4.90 Å². The molecule has 2 atom stereocenters. The van der Waals surface area contributed by atoms with Crippen molar-refractivity contribution in [2.24, 2.45) is 5.92 Å². The number of fused-ring (bicyclic) bond motifs is 2. The van der Waals surface area contributed by atoms with E-state index in [-0.39, 0.29) is 24.9 Å². The summed E-state index contributed by atoms with van der Waals surface area (Å²) in [5, 5.41) is 13.8. The first-order chi connectivity index (χ1) is 17.8. The molecule has 1 heterocycles. The van der Waals surface area contributed by atoms with Gasteiger partial charge >= 0.3 is 6.03 Å². The average Bonchev–Trinajstić information content (AvgIpc) is 3.62. The molecular formula is C28H29N5O4. The number of benzene rings is 2. The minimum Gasteiger partial charge on any atom is -0.334 e. The van der Waals surface area contributed by atoms with Crippen LogP contribution in [0, 0.1) is 17.2 Å². The van der Waals surface area contributed by atoms with Crippen LogP contribution in [0.2, 0.25) is 0 Å². The summed E-state index contributed by atoms with van der Waals surface area (Å²) in [5.41, 5.74) is 1.75. The van der Waals surface area contributed by atoms with Crippen LogP contribution in [0.25, 0.3) is 0 Å². The Balaban J connectivity index is 1.41. The number of imide groups is 1. The van der Waals surface area contributed by atoms with Gasteiger partial charge in [-0.15, -0.1) is 0 Å². The lowest BCUT2D eigenvalue weighted by Crippen LogP contribution is -2.51. The monoisotopic (exact) mass is 499 g/mol. The lowest BCUT2D eigenvalue weighted by molar-refractivity contribution is -0.137. The fourth-order valence-corrected chi connectivity index (χ4v) is 5.59. The van der Waals surface area contributed by atoms with Gasteiger partial charge in [0.05, 0.1) is 6.07 Å². The molecule has 1 aliphatic heterocycles. The molecule has 2 aliphatic carbocycles. The highest BCUT2D eigenvalue weighted by Gasteiger charge is 2.57. The number of nitrogens with one attached hydrogen (secondary N) is 2. The molecule has 0 unspecified atom stereocenters. The fourth-order valence-electron chi connectivity index (χ4n) is 5.59. The van der Waals surface area contributed by atoms with Gasteiger partial charge in [0.1, 0.15) is 18.5 Å². The number of nitrogens with zero attached hydrogens (tertiary/aromatic N) is 3. The van der Waals surface area contributed by atoms with Crippen LogP contribution >= 0.6 is 0 Å². The predicted octanol–water partition coefficient (Wildman–Crippen LogP) is 3.06. The molecular weight excluding hydrogens is 470 g/mol. The van der Waals surface area contributed by atoms with Crippen LogP contribution in [-0.4, -0.2) is 46.1 Å². The second kappa shape index (κ2) is 9.69. The van der Waals surface area contributed by atoms with E-state index >= 15 is 0 Å². The molecule has 2 aromatic carbocycles. The van der Waals surface area contributed by atoms with Gasteiger partial charge < -0.3 is 10.2 Å². The molecule has 3 aliphatic rings. The number of aryl methyl sites for hydroxylation is 1. The largest absolute Gasteiger partial charge is 0.334 e. The Hall–Kier alpha value is -4.19. The first kappa shape index (κ1) is 24.5. The first-order valence-corrected chi connectivity index (χ1v) is 12.6. The Bertz CT molecular complexity index is 1300. The summed E-state index contributed by atoms with van der Waals surface area (Å²) in [5.74, 6) is -0.603. The highest BCUT2D eigenvalue weighted by molar-refractivity contribution is 6.09. The Morgan fingerprint density at radius 2 is 1.97 bits per heavy atom. The standard InChI is InChI=1S/C28H29N5O4/c1-18(20-7-8-20)32(16-19-5-3-2-4-6-19)25(35)17-33-27(37)31-26(36)28(33)13-11-21-15-22(9-10-23(21)28)30-24(34)12-14-29/h2-6,9-10,15,18,20H,7-8,11-13,16-17H2,1H3,(H,30,34)(H,31,36,37)/t18-,28-/m0/s1. The summed E-state index contributed by atoms with van der Waals surface area (Å²) in [6, 6.07) is 16.2. The molecule has 9 heteroatoms. The van der Waals surface area contributed by atoms with Crippen molar-refractivity contribution in [2.45, 2.75) is 57.2 Å². The summed E-state index contributed by atoms with van der Waals surface area (Å²) < 4.78 is 0. The molecule has 37 heavy (non-hydrogen) atoms. The fraction of sp³-hybridized carbons (Fsp3) is 0.393. The number of anilines is 1. The molecule has 2 fully saturated rings. The molecule has 5 rings (SSSR count). The van der Waals surface area contributed by atoms with E-state index in [0.717, 1.165) is 24.0 Å². The third-order valence-electron chi connectivity index (χ3n) is 7.74. The zero-order chi connectivity index (χ0) is 26.2. The van der Waals surface area contributed by atoms with Crippen molar-refractivity contribution in [3.8, 4) is 6.07 Å². The van der Waals surface area contributed by atoms with E-state index in [2.05, 4.69) is 17.6 Å². The van der Waals surface area contributed by atoms with Crippen LogP contribution in [0.3, 0.4) is 0 Å². The van der Waals surface area contributed by atoms with Crippen LogP contribution in [0.1, 0.15) is 49.3 Å². The number of urea groups is 1. The second-order valence-corrected chi connectivity index (χ2v) is 10.0. The zero-order valence-corrected chi connectivity index (χ0v) is 20.7. The van der Waals surface area contributed by atoms with Crippen molar-refractivity contribution in [1.29, 1.82) is 5.26 Å². The minimum absolute atomic E-state index is 0.0282. The number of hydrogen-bond acceptors (Lipinski definition) is 5. The van der Waals surface area contributed by atoms with Gasteiger partial charge in [-0.3, -0.25) is 24.6 Å². The van der Waals surface area contributed by atoms with Gasteiger partial charge in [-0.1, -0.05) is 36.4 Å². The highest BCUT2D eigenvalue weighted by atomic mass is 16.2. The predicted molar refractivity (Wildman–Crippen MR) is 135 cm³/mol. The maximum atomic E-state index is 13.7. The van der Waals surface area contributed by atoms with Gasteiger partial charge in [0.25, 0.3) is 5.91 Å². The van der Waals surface area contributed by atoms with Crippen LogP contribution < -0.4 is 10.6 Å². The minimum atomic E-state index is -1.27. The summed E-state index contributed by atoms with van der Waals surface area (Å²) in [7, 11) is 0. The number of nitriles is 1. The lowest BCUT2D eigenvalue weighted by Gasteiger charge is -2.36. The van der Waals surface area contributed by atoms with Crippen molar-refractivity contribution in [3.05, 3.63) is 65.2 Å². The third kappa shape index (κ3) is 4.55. The van der Waals surface area contributed by atoms with E-state index in [9.17, 15) is 19.2 Å². The first-order valence-electron chi connectivity index (χ1n) is 12.6. The molecule has 1 spiro atoms. The number of amides is 5. The molecule has 2 aromatic rings. The van der Waals surface area contributed by atoms with Gasteiger partial charge in [-0.25, -0.2) is 4.79 Å². The van der Waals surface area contributed by atoms with E-state index in [4.69, 9.17) is 5.26 Å². The number of rotatable bonds is 8. The molecule has 1 saturated carbocycles. The maximum absolute atomic E-state index is 13.7. The SMILES string of the molecule is C[C@@H](C1CC1)N(Cc1ccccc1)C(=O)CN1C(=O)NC(=O)[C@@]12CCc1cc(NC(=O)CC#N)ccc12. The van der Waals surface area contributed by atoms with Crippen molar-refractivity contribution < 1.29 is 19.2 Å². The summed E-state index contributed by atoms with van der Waals surface area (Å²) in [6.07, 6.45) is 2.75. The van der Waals surface area contributed by atoms with E-state index in [1.54, 1.807) is 18.2 Å². The van der Waals surface area contributed by atoms with Gasteiger partial charge in [0.15, 0.2) is 0 Å². The Morgan fingerprint density at radius 1 is 1.22 bits per heavy atom. The van der Waals surface area contributed by atoms with Crippen molar-refractivity contribution in [1.82, 2.24) is 15.1 Å². The van der Waals surface area contributed by atoms with Crippen molar-refractivity contribution >= 4 is 29.4 Å².